The summed E-state index contributed by atoms with van der Waals surface area (Å²) < 4.78 is 33.1. The zero-order chi connectivity index (χ0) is 18.0. The molecule has 1 saturated heterocycles. The highest BCUT2D eigenvalue weighted by Crippen LogP contribution is 2.24. The summed E-state index contributed by atoms with van der Waals surface area (Å²) in [5.74, 6) is 1.20. The molecule has 2 heterocycles. The fourth-order valence-corrected chi connectivity index (χ4v) is 4.44. The Morgan fingerprint density at radius 1 is 1.08 bits per heavy atom. The van der Waals surface area contributed by atoms with Gasteiger partial charge in [0.1, 0.15) is 11.9 Å². The van der Waals surface area contributed by atoms with Crippen LogP contribution in [0.4, 0.5) is 0 Å². The molecule has 0 atom stereocenters. The molecule has 0 spiro atoms. The van der Waals surface area contributed by atoms with E-state index in [0.29, 0.717) is 42.5 Å². The molecule has 1 aliphatic heterocycles. The molecule has 0 bridgehead atoms. The maximum absolute atomic E-state index is 12.8. The number of aryl methyl sites for hydroxylation is 3. The van der Waals surface area contributed by atoms with Gasteiger partial charge in [-0.05, 0) is 56.9 Å². The van der Waals surface area contributed by atoms with Gasteiger partial charge in [0, 0.05) is 25.4 Å². The van der Waals surface area contributed by atoms with Crippen molar-refractivity contribution >= 4 is 10.0 Å². The summed E-state index contributed by atoms with van der Waals surface area (Å²) in [6, 6.07) is 7.02. The van der Waals surface area contributed by atoms with E-state index in [0.717, 1.165) is 11.1 Å². The number of hydrogen-bond acceptors (Lipinski definition) is 5. The molecule has 1 aromatic carbocycles. The van der Waals surface area contributed by atoms with Crippen molar-refractivity contribution in [3.05, 3.63) is 47.4 Å². The van der Waals surface area contributed by atoms with Gasteiger partial charge < -0.3 is 4.74 Å². The van der Waals surface area contributed by atoms with Crippen molar-refractivity contribution < 1.29 is 13.2 Å². The number of nitrogens with zero attached hydrogens (tertiary/aromatic N) is 3. The molecule has 0 amide bonds. The number of piperidine rings is 1. The van der Waals surface area contributed by atoms with Gasteiger partial charge >= 0.3 is 0 Å². The molecule has 1 fully saturated rings. The van der Waals surface area contributed by atoms with Gasteiger partial charge in [-0.2, -0.15) is 9.29 Å². The smallest absolute Gasteiger partial charge is 0.243 e. The van der Waals surface area contributed by atoms with Gasteiger partial charge in [-0.1, -0.05) is 6.07 Å². The van der Waals surface area contributed by atoms with Crippen LogP contribution >= 0.6 is 0 Å². The van der Waals surface area contributed by atoms with E-state index in [-0.39, 0.29) is 6.10 Å². The highest BCUT2D eigenvalue weighted by Gasteiger charge is 2.30. The van der Waals surface area contributed by atoms with Crippen LogP contribution < -0.4 is 4.74 Å². The maximum atomic E-state index is 12.8. The van der Waals surface area contributed by atoms with Crippen LogP contribution in [0.1, 0.15) is 29.8 Å². The quantitative estimate of drug-likeness (QED) is 0.837. The van der Waals surface area contributed by atoms with Gasteiger partial charge in [-0.25, -0.2) is 13.4 Å². The van der Waals surface area contributed by atoms with E-state index < -0.39 is 10.0 Å². The SMILES string of the molecule is Cc1nccc(OC2CCN(S(=O)(=O)c3ccc(C)c(C)c3)CC2)n1. The van der Waals surface area contributed by atoms with E-state index in [1.54, 1.807) is 28.7 Å². The molecule has 2 aromatic rings. The standard InChI is InChI=1S/C18H23N3O3S/c1-13-4-5-17(12-14(13)2)25(22,23)21-10-7-16(8-11-21)24-18-6-9-19-15(3)20-18/h4-6,9,12,16H,7-8,10-11H2,1-3H3. The molecule has 0 saturated carbocycles. The van der Waals surface area contributed by atoms with Gasteiger partial charge in [0.2, 0.25) is 15.9 Å². The maximum Gasteiger partial charge on any atom is 0.243 e. The number of aromatic nitrogens is 2. The fourth-order valence-electron chi connectivity index (χ4n) is 2.88. The van der Waals surface area contributed by atoms with Crippen molar-refractivity contribution in [3.8, 4) is 5.88 Å². The van der Waals surface area contributed by atoms with Crippen LogP contribution in [0.5, 0.6) is 5.88 Å². The minimum absolute atomic E-state index is 0.0273. The summed E-state index contributed by atoms with van der Waals surface area (Å²) in [5, 5.41) is 0. The number of rotatable bonds is 4. The summed E-state index contributed by atoms with van der Waals surface area (Å²) in [7, 11) is -3.45. The highest BCUT2D eigenvalue weighted by atomic mass is 32.2. The molecule has 25 heavy (non-hydrogen) atoms. The first-order chi connectivity index (χ1) is 11.9. The lowest BCUT2D eigenvalue weighted by Gasteiger charge is -2.31. The number of sulfonamides is 1. The van der Waals surface area contributed by atoms with Crippen LogP contribution in [-0.4, -0.2) is 41.9 Å². The van der Waals surface area contributed by atoms with E-state index in [1.165, 1.54) is 0 Å². The predicted molar refractivity (Wildman–Crippen MR) is 95.1 cm³/mol. The van der Waals surface area contributed by atoms with Gasteiger partial charge in [0.15, 0.2) is 0 Å². The molecular formula is C18H23N3O3S. The van der Waals surface area contributed by atoms with Crippen molar-refractivity contribution in [1.82, 2.24) is 14.3 Å². The largest absolute Gasteiger partial charge is 0.474 e. The number of hydrogen-bond donors (Lipinski definition) is 0. The van der Waals surface area contributed by atoms with Crippen LogP contribution in [0, 0.1) is 20.8 Å². The van der Waals surface area contributed by atoms with E-state index >= 15 is 0 Å². The van der Waals surface area contributed by atoms with E-state index in [1.807, 2.05) is 26.8 Å². The Hall–Kier alpha value is -1.99. The first-order valence-electron chi connectivity index (χ1n) is 8.40. The lowest BCUT2D eigenvalue weighted by molar-refractivity contribution is 0.129. The van der Waals surface area contributed by atoms with E-state index in [4.69, 9.17) is 4.74 Å². The summed E-state index contributed by atoms with van der Waals surface area (Å²) >= 11 is 0. The predicted octanol–water partition coefficient (Wildman–Crippen LogP) is 2.63. The lowest BCUT2D eigenvalue weighted by atomic mass is 10.1. The number of benzene rings is 1. The first kappa shape index (κ1) is 17.8. The molecule has 3 rings (SSSR count). The minimum Gasteiger partial charge on any atom is -0.474 e. The Balaban J connectivity index is 1.66. The molecule has 0 N–H and O–H groups in total. The van der Waals surface area contributed by atoms with Crippen molar-refractivity contribution in [1.29, 1.82) is 0 Å². The van der Waals surface area contributed by atoms with Crippen molar-refractivity contribution in [2.24, 2.45) is 0 Å². The zero-order valence-electron chi connectivity index (χ0n) is 14.8. The molecule has 134 valence electrons. The van der Waals surface area contributed by atoms with Crippen LogP contribution in [0.2, 0.25) is 0 Å². The topological polar surface area (TPSA) is 72.4 Å². The molecule has 0 aliphatic carbocycles. The second-order valence-corrected chi connectivity index (χ2v) is 8.35. The normalized spacial score (nSPS) is 16.8. The second-order valence-electron chi connectivity index (χ2n) is 6.41. The molecule has 0 unspecified atom stereocenters. The third-order valence-electron chi connectivity index (χ3n) is 4.55. The molecule has 7 heteroatoms. The number of ether oxygens (including phenoxy) is 1. The average Bonchev–Trinajstić information content (AvgIpc) is 2.58. The van der Waals surface area contributed by atoms with Crippen LogP contribution in [0.25, 0.3) is 0 Å². The third-order valence-corrected chi connectivity index (χ3v) is 6.45. The summed E-state index contributed by atoms with van der Waals surface area (Å²) in [6.45, 7) is 6.61. The highest BCUT2D eigenvalue weighted by molar-refractivity contribution is 7.89. The summed E-state index contributed by atoms with van der Waals surface area (Å²) in [5.41, 5.74) is 2.07. The zero-order valence-corrected chi connectivity index (χ0v) is 15.6. The Labute approximate surface area is 148 Å². The molecular weight excluding hydrogens is 338 g/mol. The van der Waals surface area contributed by atoms with E-state index in [2.05, 4.69) is 9.97 Å². The average molecular weight is 361 g/mol. The summed E-state index contributed by atoms with van der Waals surface area (Å²) in [6.07, 6.45) is 2.93. The monoisotopic (exact) mass is 361 g/mol. The first-order valence-corrected chi connectivity index (χ1v) is 9.84. The lowest BCUT2D eigenvalue weighted by Crippen LogP contribution is -2.41. The molecule has 1 aromatic heterocycles. The van der Waals surface area contributed by atoms with Gasteiger partial charge in [-0.15, -0.1) is 0 Å². The van der Waals surface area contributed by atoms with Crippen molar-refractivity contribution in [2.45, 2.75) is 44.6 Å². The van der Waals surface area contributed by atoms with Crippen molar-refractivity contribution in [2.75, 3.05) is 13.1 Å². The minimum atomic E-state index is -3.45. The van der Waals surface area contributed by atoms with Crippen LogP contribution in [-0.2, 0) is 10.0 Å². The van der Waals surface area contributed by atoms with Gasteiger partial charge in [0.05, 0.1) is 4.90 Å². The second kappa shape index (κ2) is 7.09. The van der Waals surface area contributed by atoms with Gasteiger partial charge in [0.25, 0.3) is 0 Å². The van der Waals surface area contributed by atoms with Crippen LogP contribution in [0.3, 0.4) is 0 Å². The summed E-state index contributed by atoms with van der Waals surface area (Å²) in [4.78, 5) is 8.64. The Morgan fingerprint density at radius 2 is 1.80 bits per heavy atom. The Morgan fingerprint density at radius 3 is 2.44 bits per heavy atom. The molecule has 0 radical (unpaired) electrons. The third kappa shape index (κ3) is 3.99. The fraction of sp³-hybridized carbons (Fsp3) is 0.444. The Bertz CT molecular complexity index is 860. The molecule has 1 aliphatic rings. The van der Waals surface area contributed by atoms with Crippen LogP contribution in [0.15, 0.2) is 35.4 Å². The Kier molecular flexibility index (Phi) is 5.06. The van der Waals surface area contributed by atoms with E-state index in [9.17, 15) is 8.42 Å². The van der Waals surface area contributed by atoms with Crippen molar-refractivity contribution in [3.63, 3.8) is 0 Å². The molecule has 6 nitrogen and oxygen atoms in total. The van der Waals surface area contributed by atoms with Gasteiger partial charge in [-0.3, -0.25) is 0 Å².